The molecule has 2 N–H and O–H groups in total. The van der Waals surface area contributed by atoms with E-state index in [0.29, 0.717) is 13.2 Å². The van der Waals surface area contributed by atoms with Crippen molar-refractivity contribution in [2.75, 3.05) is 26.2 Å². The summed E-state index contributed by atoms with van der Waals surface area (Å²) >= 11 is 0. The van der Waals surface area contributed by atoms with Crippen molar-refractivity contribution in [2.45, 2.75) is 38.3 Å². The van der Waals surface area contributed by atoms with Crippen LogP contribution in [0.25, 0.3) is 0 Å². The lowest BCUT2D eigenvalue weighted by Gasteiger charge is -2.33. The van der Waals surface area contributed by atoms with Gasteiger partial charge in [-0.1, -0.05) is 18.2 Å². The van der Waals surface area contributed by atoms with E-state index in [0.717, 1.165) is 43.7 Å². The number of fused-ring (bicyclic) bond motifs is 1. The predicted molar refractivity (Wildman–Crippen MR) is 90.7 cm³/mol. The fraction of sp³-hybridized carbons (Fsp3) is 0.556. The fourth-order valence-corrected chi connectivity index (χ4v) is 3.54. The maximum atomic E-state index is 12.4. The minimum Gasteiger partial charge on any atom is -0.493 e. The van der Waals surface area contributed by atoms with E-state index in [1.807, 2.05) is 24.3 Å². The average molecular weight is 331 g/mol. The lowest BCUT2D eigenvalue weighted by atomic mass is 10.0. The number of ether oxygens (including phenoxy) is 1. The van der Waals surface area contributed by atoms with Crippen molar-refractivity contribution in [3.63, 3.8) is 0 Å². The molecule has 0 spiro atoms. The van der Waals surface area contributed by atoms with E-state index in [-0.39, 0.29) is 23.9 Å². The van der Waals surface area contributed by atoms with Crippen molar-refractivity contribution in [1.82, 2.24) is 15.5 Å². The molecule has 2 atom stereocenters. The highest BCUT2D eigenvalue weighted by atomic mass is 16.5. The first-order valence-corrected chi connectivity index (χ1v) is 8.62. The van der Waals surface area contributed by atoms with Crippen LogP contribution in [0.2, 0.25) is 0 Å². The summed E-state index contributed by atoms with van der Waals surface area (Å²) in [6.07, 6.45) is 2.76. The standard InChI is InChI=1S/C18H25N3O3/c1-13(22)19-14-5-4-9-21(11-14)12-18(23)20-16-8-10-24-17-7-3-2-6-15(16)17/h2-3,6-7,14,16H,4-5,8-12H2,1H3,(H,19,22)(H,20,23). The molecule has 2 amide bonds. The number of carbonyl (C=O) groups is 2. The second-order valence-electron chi connectivity index (χ2n) is 6.57. The topological polar surface area (TPSA) is 70.7 Å². The molecule has 2 aliphatic rings. The van der Waals surface area contributed by atoms with Gasteiger partial charge in [-0.15, -0.1) is 0 Å². The highest BCUT2D eigenvalue weighted by Crippen LogP contribution is 2.31. The van der Waals surface area contributed by atoms with E-state index in [2.05, 4.69) is 15.5 Å². The minimum atomic E-state index is -0.00915. The summed E-state index contributed by atoms with van der Waals surface area (Å²) in [5.41, 5.74) is 1.05. The van der Waals surface area contributed by atoms with E-state index in [9.17, 15) is 9.59 Å². The molecule has 1 saturated heterocycles. The summed E-state index contributed by atoms with van der Waals surface area (Å²) in [6, 6.07) is 8.02. The molecule has 1 fully saturated rings. The molecular formula is C18H25N3O3. The van der Waals surface area contributed by atoms with Crippen molar-refractivity contribution in [3.8, 4) is 5.75 Å². The van der Waals surface area contributed by atoms with Gasteiger partial charge in [0.2, 0.25) is 11.8 Å². The number of nitrogens with zero attached hydrogens (tertiary/aromatic N) is 1. The van der Waals surface area contributed by atoms with Crippen LogP contribution in [0.3, 0.4) is 0 Å². The molecule has 2 aliphatic heterocycles. The number of benzene rings is 1. The molecule has 6 nitrogen and oxygen atoms in total. The number of para-hydroxylation sites is 1. The average Bonchev–Trinajstić information content (AvgIpc) is 2.55. The molecule has 1 aromatic carbocycles. The molecule has 0 radical (unpaired) electrons. The Balaban J connectivity index is 1.54. The van der Waals surface area contributed by atoms with Gasteiger partial charge in [-0.25, -0.2) is 0 Å². The molecule has 1 aromatic rings. The fourth-order valence-electron chi connectivity index (χ4n) is 3.54. The smallest absolute Gasteiger partial charge is 0.234 e. The Morgan fingerprint density at radius 2 is 2.08 bits per heavy atom. The molecular weight excluding hydrogens is 306 g/mol. The highest BCUT2D eigenvalue weighted by molar-refractivity contribution is 5.78. The van der Waals surface area contributed by atoms with Crippen LogP contribution in [0.4, 0.5) is 0 Å². The lowest BCUT2D eigenvalue weighted by Crippen LogP contribution is -2.50. The largest absolute Gasteiger partial charge is 0.493 e. The first-order chi connectivity index (χ1) is 11.6. The van der Waals surface area contributed by atoms with Gasteiger partial charge in [0.25, 0.3) is 0 Å². The van der Waals surface area contributed by atoms with Gasteiger partial charge in [-0.2, -0.15) is 0 Å². The summed E-state index contributed by atoms with van der Waals surface area (Å²) in [6.45, 7) is 4.16. The van der Waals surface area contributed by atoms with Gasteiger partial charge in [0.1, 0.15) is 5.75 Å². The van der Waals surface area contributed by atoms with Gasteiger partial charge in [0.15, 0.2) is 0 Å². The Morgan fingerprint density at radius 3 is 2.92 bits per heavy atom. The van der Waals surface area contributed by atoms with Crippen LogP contribution in [-0.2, 0) is 9.59 Å². The number of hydrogen-bond acceptors (Lipinski definition) is 4. The van der Waals surface area contributed by atoms with Gasteiger partial charge in [0, 0.05) is 31.5 Å². The Hall–Kier alpha value is -2.08. The normalized spacial score (nSPS) is 23.7. The highest BCUT2D eigenvalue weighted by Gasteiger charge is 2.25. The van der Waals surface area contributed by atoms with Crippen LogP contribution >= 0.6 is 0 Å². The van der Waals surface area contributed by atoms with Crippen molar-refractivity contribution in [3.05, 3.63) is 29.8 Å². The third-order valence-electron chi connectivity index (χ3n) is 4.57. The van der Waals surface area contributed by atoms with Gasteiger partial charge in [0.05, 0.1) is 19.2 Å². The molecule has 2 heterocycles. The molecule has 0 saturated carbocycles. The second-order valence-corrected chi connectivity index (χ2v) is 6.57. The SMILES string of the molecule is CC(=O)NC1CCCN(CC(=O)NC2CCOc3ccccc32)C1. The van der Waals surface area contributed by atoms with E-state index < -0.39 is 0 Å². The van der Waals surface area contributed by atoms with Crippen LogP contribution < -0.4 is 15.4 Å². The Morgan fingerprint density at radius 1 is 1.25 bits per heavy atom. The predicted octanol–water partition coefficient (Wildman–Crippen LogP) is 1.23. The Labute approximate surface area is 142 Å². The van der Waals surface area contributed by atoms with Crippen molar-refractivity contribution >= 4 is 11.8 Å². The van der Waals surface area contributed by atoms with Gasteiger partial charge in [-0.05, 0) is 25.5 Å². The van der Waals surface area contributed by atoms with E-state index in [1.165, 1.54) is 6.92 Å². The number of rotatable bonds is 4. The van der Waals surface area contributed by atoms with E-state index >= 15 is 0 Å². The zero-order valence-electron chi connectivity index (χ0n) is 14.1. The van der Waals surface area contributed by atoms with Crippen LogP contribution in [0, 0.1) is 0 Å². The Kier molecular flexibility index (Phi) is 5.35. The first kappa shape index (κ1) is 16.8. The van der Waals surface area contributed by atoms with Crippen molar-refractivity contribution < 1.29 is 14.3 Å². The van der Waals surface area contributed by atoms with E-state index in [4.69, 9.17) is 4.74 Å². The summed E-state index contributed by atoms with van der Waals surface area (Å²) < 4.78 is 5.63. The molecule has 0 aliphatic carbocycles. The van der Waals surface area contributed by atoms with Crippen molar-refractivity contribution in [1.29, 1.82) is 0 Å². The Bertz CT molecular complexity index is 605. The number of amides is 2. The number of hydrogen-bond donors (Lipinski definition) is 2. The van der Waals surface area contributed by atoms with Gasteiger partial charge in [-0.3, -0.25) is 14.5 Å². The van der Waals surface area contributed by atoms with Gasteiger partial charge >= 0.3 is 0 Å². The second kappa shape index (κ2) is 7.66. The van der Waals surface area contributed by atoms with Crippen LogP contribution in [0.1, 0.15) is 37.8 Å². The minimum absolute atomic E-state index is 0.00915. The number of piperidine rings is 1. The summed E-state index contributed by atoms with van der Waals surface area (Å²) in [5, 5.41) is 6.08. The molecule has 0 bridgehead atoms. The maximum absolute atomic E-state index is 12.4. The van der Waals surface area contributed by atoms with Crippen LogP contribution in [0.15, 0.2) is 24.3 Å². The molecule has 3 rings (SSSR count). The van der Waals surface area contributed by atoms with Gasteiger partial charge < -0.3 is 15.4 Å². The number of nitrogens with one attached hydrogen (secondary N) is 2. The summed E-state index contributed by atoms with van der Waals surface area (Å²) in [4.78, 5) is 25.8. The molecule has 6 heteroatoms. The van der Waals surface area contributed by atoms with Crippen LogP contribution in [0.5, 0.6) is 5.75 Å². The van der Waals surface area contributed by atoms with Crippen molar-refractivity contribution in [2.24, 2.45) is 0 Å². The first-order valence-electron chi connectivity index (χ1n) is 8.62. The number of carbonyl (C=O) groups excluding carboxylic acids is 2. The molecule has 130 valence electrons. The summed E-state index contributed by atoms with van der Waals surface area (Å²) in [7, 11) is 0. The summed E-state index contributed by atoms with van der Waals surface area (Å²) in [5.74, 6) is 0.878. The zero-order valence-corrected chi connectivity index (χ0v) is 14.1. The molecule has 0 aromatic heterocycles. The van der Waals surface area contributed by atoms with Crippen LogP contribution in [-0.4, -0.2) is 49.0 Å². The quantitative estimate of drug-likeness (QED) is 0.870. The van der Waals surface area contributed by atoms with E-state index in [1.54, 1.807) is 0 Å². The number of likely N-dealkylation sites (tertiary alicyclic amines) is 1. The molecule has 24 heavy (non-hydrogen) atoms. The third kappa shape index (κ3) is 4.26. The molecule has 2 unspecified atom stereocenters. The maximum Gasteiger partial charge on any atom is 0.234 e. The lowest BCUT2D eigenvalue weighted by molar-refractivity contribution is -0.123. The monoisotopic (exact) mass is 331 g/mol. The third-order valence-corrected chi connectivity index (χ3v) is 4.57. The zero-order chi connectivity index (χ0) is 16.9.